The van der Waals surface area contributed by atoms with Crippen LogP contribution in [0.5, 0.6) is 0 Å². The molecule has 8 heteroatoms. The zero-order chi connectivity index (χ0) is 17.7. The first-order valence-corrected chi connectivity index (χ1v) is 9.15. The van der Waals surface area contributed by atoms with Gasteiger partial charge >= 0.3 is 0 Å². The summed E-state index contributed by atoms with van der Waals surface area (Å²) in [5, 5.41) is 11.3. The third kappa shape index (κ3) is 3.99. The van der Waals surface area contributed by atoms with E-state index < -0.39 is 27.6 Å². The van der Waals surface area contributed by atoms with Crippen molar-refractivity contribution in [3.63, 3.8) is 0 Å². The topological polar surface area (TPSA) is 116 Å². The molecule has 1 unspecified atom stereocenters. The maximum atomic E-state index is 12.4. The van der Waals surface area contributed by atoms with E-state index >= 15 is 0 Å². The summed E-state index contributed by atoms with van der Waals surface area (Å²) in [4.78, 5) is 23.8. The van der Waals surface area contributed by atoms with Gasteiger partial charge in [-0.3, -0.25) is 9.59 Å². The molecule has 0 aromatic heterocycles. The van der Waals surface area contributed by atoms with Crippen LogP contribution < -0.4 is 10.0 Å². The first-order valence-electron chi connectivity index (χ1n) is 7.67. The van der Waals surface area contributed by atoms with Gasteiger partial charge in [0.05, 0.1) is 11.0 Å². The number of nitrogens with zero attached hydrogens (tertiary/aromatic N) is 1. The van der Waals surface area contributed by atoms with Crippen molar-refractivity contribution in [2.45, 2.75) is 36.6 Å². The molecule has 2 rings (SSSR count). The van der Waals surface area contributed by atoms with Crippen molar-refractivity contribution in [1.29, 1.82) is 5.26 Å². The minimum atomic E-state index is -3.74. The van der Waals surface area contributed by atoms with Gasteiger partial charge in [0.25, 0.3) is 0 Å². The molecule has 1 aromatic carbocycles. The zero-order valence-corrected chi connectivity index (χ0v) is 14.1. The summed E-state index contributed by atoms with van der Waals surface area (Å²) < 4.78 is 27.5. The van der Waals surface area contributed by atoms with Crippen molar-refractivity contribution in [3.05, 3.63) is 29.8 Å². The molecule has 2 N–H and O–H groups in total. The largest absolute Gasteiger partial charge is 0.358 e. The normalized spacial score (nSPS) is 16.3. The van der Waals surface area contributed by atoms with Crippen molar-refractivity contribution >= 4 is 21.7 Å². The fraction of sp³-hybridized carbons (Fsp3) is 0.438. The quantitative estimate of drug-likeness (QED) is 0.586. The highest BCUT2D eigenvalue weighted by Gasteiger charge is 2.28. The third-order valence-electron chi connectivity index (χ3n) is 4.01. The van der Waals surface area contributed by atoms with E-state index in [-0.39, 0.29) is 16.5 Å². The predicted molar refractivity (Wildman–Crippen MR) is 86.5 cm³/mol. The van der Waals surface area contributed by atoms with Crippen LogP contribution >= 0.6 is 0 Å². The maximum Gasteiger partial charge on any atom is 0.245 e. The Bertz CT molecular complexity index is 777. The highest BCUT2D eigenvalue weighted by molar-refractivity contribution is 7.89. The molecule has 1 fully saturated rings. The van der Waals surface area contributed by atoms with E-state index in [0.29, 0.717) is 0 Å². The Balaban J connectivity index is 2.26. The average molecular weight is 349 g/mol. The molecule has 1 aromatic rings. The van der Waals surface area contributed by atoms with Crippen molar-refractivity contribution in [1.82, 2.24) is 10.0 Å². The summed E-state index contributed by atoms with van der Waals surface area (Å²) in [7, 11) is -2.42. The number of benzene rings is 1. The van der Waals surface area contributed by atoms with E-state index in [4.69, 9.17) is 5.26 Å². The molecular weight excluding hydrogens is 330 g/mol. The van der Waals surface area contributed by atoms with Crippen molar-refractivity contribution in [2.75, 3.05) is 7.05 Å². The molecule has 7 nitrogen and oxygen atoms in total. The van der Waals surface area contributed by atoms with Gasteiger partial charge in [0, 0.05) is 18.7 Å². The number of nitriles is 1. The van der Waals surface area contributed by atoms with Crippen LogP contribution in [-0.2, 0) is 14.8 Å². The summed E-state index contributed by atoms with van der Waals surface area (Å²) in [5.74, 6) is -2.95. The van der Waals surface area contributed by atoms with E-state index in [9.17, 15) is 18.0 Å². The summed E-state index contributed by atoms with van der Waals surface area (Å²) in [6.45, 7) is 0. The highest BCUT2D eigenvalue weighted by atomic mass is 32.2. The minimum absolute atomic E-state index is 0.0134. The lowest BCUT2D eigenvalue weighted by Crippen LogP contribution is -2.33. The van der Waals surface area contributed by atoms with Gasteiger partial charge in [-0.05, 0) is 25.0 Å². The van der Waals surface area contributed by atoms with E-state index in [1.54, 1.807) is 6.07 Å². The summed E-state index contributed by atoms with van der Waals surface area (Å²) >= 11 is 0. The molecule has 0 saturated heterocycles. The Labute approximate surface area is 141 Å². The Kier molecular flexibility index (Phi) is 5.70. The minimum Gasteiger partial charge on any atom is -0.358 e. The van der Waals surface area contributed by atoms with Crippen LogP contribution in [0, 0.1) is 17.2 Å². The lowest BCUT2D eigenvalue weighted by Gasteiger charge is -2.13. The summed E-state index contributed by atoms with van der Waals surface area (Å²) in [6, 6.07) is 6.95. The number of hydrogen-bond acceptors (Lipinski definition) is 5. The lowest BCUT2D eigenvalue weighted by molar-refractivity contribution is -0.121. The lowest BCUT2D eigenvalue weighted by atomic mass is 9.98. The Morgan fingerprint density at radius 2 is 1.96 bits per heavy atom. The van der Waals surface area contributed by atoms with Crippen LogP contribution in [0.3, 0.4) is 0 Å². The molecule has 1 amide bonds. The van der Waals surface area contributed by atoms with Gasteiger partial charge in [-0.1, -0.05) is 25.0 Å². The number of carbonyl (C=O) groups excluding carboxylic acids is 2. The number of nitrogens with one attached hydrogen (secondary N) is 2. The fourth-order valence-electron chi connectivity index (χ4n) is 2.69. The van der Waals surface area contributed by atoms with Gasteiger partial charge in [-0.25, -0.2) is 13.1 Å². The Morgan fingerprint density at radius 1 is 1.29 bits per heavy atom. The summed E-state index contributed by atoms with van der Waals surface area (Å²) in [5.41, 5.74) is 0.0134. The molecule has 128 valence electrons. The molecule has 0 bridgehead atoms. The monoisotopic (exact) mass is 349 g/mol. The number of Topliss-reactive ketones (excluding diaryl/α,β-unsaturated/α-hetero) is 1. The molecule has 1 saturated carbocycles. The van der Waals surface area contributed by atoms with Crippen LogP contribution in [0.4, 0.5) is 0 Å². The van der Waals surface area contributed by atoms with E-state index in [0.717, 1.165) is 25.7 Å². The standard InChI is InChI=1S/C16H19N3O4S/c1-18-16(21)14(10-17)15(20)11-5-4-8-13(9-11)24(22,23)19-12-6-2-3-7-12/h4-5,8-9,12,14,19H,2-3,6-7H2,1H3,(H,18,21). The molecule has 0 radical (unpaired) electrons. The molecule has 0 heterocycles. The number of carbonyl (C=O) groups is 2. The molecule has 1 atom stereocenters. The first kappa shape index (κ1) is 18.1. The second kappa shape index (κ2) is 7.55. The Hall–Kier alpha value is -2.24. The fourth-order valence-corrected chi connectivity index (χ4v) is 4.05. The summed E-state index contributed by atoms with van der Waals surface area (Å²) in [6.07, 6.45) is 3.57. The van der Waals surface area contributed by atoms with Gasteiger partial charge in [-0.15, -0.1) is 0 Å². The predicted octanol–water partition coefficient (Wildman–Crippen LogP) is 0.976. The second-order valence-electron chi connectivity index (χ2n) is 5.67. The second-order valence-corrected chi connectivity index (χ2v) is 7.39. The van der Waals surface area contributed by atoms with E-state index in [2.05, 4.69) is 10.0 Å². The first-order chi connectivity index (χ1) is 11.4. The van der Waals surface area contributed by atoms with Gasteiger partial charge in [0.15, 0.2) is 11.7 Å². The maximum absolute atomic E-state index is 12.4. The molecule has 0 aliphatic heterocycles. The van der Waals surface area contributed by atoms with Crippen LogP contribution in [0.2, 0.25) is 0 Å². The molecule has 1 aliphatic rings. The smallest absolute Gasteiger partial charge is 0.245 e. The SMILES string of the molecule is CNC(=O)C(C#N)C(=O)c1cccc(S(=O)(=O)NC2CCCC2)c1. The van der Waals surface area contributed by atoms with Gasteiger partial charge in [-0.2, -0.15) is 5.26 Å². The number of rotatable bonds is 6. The molecule has 1 aliphatic carbocycles. The van der Waals surface area contributed by atoms with Crippen molar-refractivity contribution in [3.8, 4) is 6.07 Å². The molecular formula is C16H19N3O4S. The Morgan fingerprint density at radius 3 is 2.54 bits per heavy atom. The van der Waals surface area contributed by atoms with Crippen LogP contribution in [0.15, 0.2) is 29.2 Å². The van der Waals surface area contributed by atoms with Crippen molar-refractivity contribution in [2.24, 2.45) is 5.92 Å². The third-order valence-corrected chi connectivity index (χ3v) is 5.52. The number of hydrogen-bond donors (Lipinski definition) is 2. The number of amides is 1. The number of sulfonamides is 1. The van der Waals surface area contributed by atoms with E-state index in [1.165, 1.54) is 31.3 Å². The average Bonchev–Trinajstić information content (AvgIpc) is 3.07. The van der Waals surface area contributed by atoms with Crippen LogP contribution in [0.25, 0.3) is 0 Å². The van der Waals surface area contributed by atoms with Crippen LogP contribution in [0.1, 0.15) is 36.0 Å². The number of ketones is 1. The molecule has 0 spiro atoms. The van der Waals surface area contributed by atoms with Gasteiger partial charge in [0.1, 0.15) is 0 Å². The van der Waals surface area contributed by atoms with Gasteiger partial charge < -0.3 is 5.32 Å². The van der Waals surface area contributed by atoms with E-state index in [1.807, 2.05) is 0 Å². The highest BCUT2D eigenvalue weighted by Crippen LogP contribution is 2.21. The van der Waals surface area contributed by atoms with Gasteiger partial charge in [0.2, 0.25) is 15.9 Å². The van der Waals surface area contributed by atoms with Crippen molar-refractivity contribution < 1.29 is 18.0 Å². The molecule has 24 heavy (non-hydrogen) atoms. The van der Waals surface area contributed by atoms with Crippen LogP contribution in [-0.4, -0.2) is 33.2 Å². The zero-order valence-electron chi connectivity index (χ0n) is 13.3.